The van der Waals surface area contributed by atoms with Crippen LogP contribution in [0.25, 0.3) is 0 Å². The van der Waals surface area contributed by atoms with Crippen molar-refractivity contribution in [3.63, 3.8) is 0 Å². The third kappa shape index (κ3) is 6.45. The van der Waals surface area contributed by atoms with Crippen molar-refractivity contribution in [2.75, 3.05) is 12.9 Å². The molecule has 6 nitrogen and oxygen atoms in total. The first-order chi connectivity index (χ1) is 11.6. The zero-order valence-corrected chi connectivity index (χ0v) is 15.9. The van der Waals surface area contributed by atoms with E-state index in [1.807, 2.05) is 0 Å². The number of amides is 1. The lowest BCUT2D eigenvalue weighted by Crippen LogP contribution is -2.44. The molecule has 10 heteroatoms. The number of hydrogen-bond donors (Lipinski definition) is 1. The quantitative estimate of drug-likeness (QED) is 0.521. The number of ether oxygens (including phenoxy) is 1. The highest BCUT2D eigenvalue weighted by Gasteiger charge is 2.30. The molecule has 0 heterocycles. The minimum absolute atomic E-state index is 0.0402. The van der Waals surface area contributed by atoms with Crippen LogP contribution < -0.4 is 5.32 Å². The maximum absolute atomic E-state index is 13.5. The van der Waals surface area contributed by atoms with Gasteiger partial charge in [0, 0.05) is 12.7 Å². The van der Waals surface area contributed by atoms with Gasteiger partial charge >= 0.3 is 5.97 Å². The Morgan fingerprint density at radius 1 is 1.24 bits per heavy atom. The molecule has 1 amide bonds. The van der Waals surface area contributed by atoms with Gasteiger partial charge in [0.15, 0.2) is 14.7 Å². The predicted octanol–water partition coefficient (Wildman–Crippen LogP) is 2.34. The van der Waals surface area contributed by atoms with E-state index in [1.165, 1.54) is 24.3 Å². The van der Waals surface area contributed by atoms with E-state index >= 15 is 0 Å². The minimum atomic E-state index is -3.42. The Balaban J connectivity index is 3.18. The summed E-state index contributed by atoms with van der Waals surface area (Å²) in [6.07, 6.45) is -0.0806. The first kappa shape index (κ1) is 21.7. The van der Waals surface area contributed by atoms with E-state index in [2.05, 4.69) is 5.32 Å². The van der Waals surface area contributed by atoms with Gasteiger partial charge in [-0.15, -0.1) is 0 Å². The summed E-state index contributed by atoms with van der Waals surface area (Å²) >= 11 is 10.9. The molecule has 0 saturated carbocycles. The zero-order valence-electron chi connectivity index (χ0n) is 13.5. The van der Waals surface area contributed by atoms with Crippen LogP contribution in [-0.4, -0.2) is 44.1 Å². The molecular formula is C15H18Cl2FNO5S. The topological polar surface area (TPSA) is 89.5 Å². The van der Waals surface area contributed by atoms with Gasteiger partial charge in [-0.25, -0.2) is 12.8 Å². The Labute approximate surface area is 155 Å². The summed E-state index contributed by atoms with van der Waals surface area (Å²) in [4.78, 5) is 21.9. The standard InChI is InChI=1S/C15H18Cl2FNO5S/c1-3-12(20)24-13(11(8-18)19-15(21)14(16)17)9-4-6-10(7-5-9)25(2,22)23/h4-7,11,13-14H,3,8H2,1-2H3,(H,19,21)/t11?,13-/m1/s1. The third-order valence-electron chi connectivity index (χ3n) is 3.24. The number of benzene rings is 1. The van der Waals surface area contributed by atoms with Crippen LogP contribution in [0.1, 0.15) is 25.0 Å². The van der Waals surface area contributed by atoms with Gasteiger partial charge in [0.25, 0.3) is 5.91 Å². The van der Waals surface area contributed by atoms with E-state index in [0.717, 1.165) is 6.26 Å². The number of alkyl halides is 3. The molecule has 0 radical (unpaired) electrons. The second kappa shape index (κ2) is 9.35. The average molecular weight is 414 g/mol. The second-order valence-corrected chi connectivity index (χ2v) is 8.29. The number of carbonyl (C=O) groups is 2. The minimum Gasteiger partial charge on any atom is -0.455 e. The van der Waals surface area contributed by atoms with E-state index < -0.39 is 45.4 Å². The number of halogens is 3. The lowest BCUT2D eigenvalue weighted by atomic mass is 10.0. The van der Waals surface area contributed by atoms with Crippen molar-refractivity contribution in [2.24, 2.45) is 0 Å². The van der Waals surface area contributed by atoms with Crippen molar-refractivity contribution >= 4 is 44.9 Å². The van der Waals surface area contributed by atoms with Crippen molar-refractivity contribution in [2.45, 2.75) is 35.2 Å². The number of sulfone groups is 1. The molecule has 0 aromatic heterocycles. The molecule has 1 unspecified atom stereocenters. The molecule has 1 aromatic carbocycles. The van der Waals surface area contributed by atoms with Crippen molar-refractivity contribution < 1.29 is 27.1 Å². The van der Waals surface area contributed by atoms with E-state index in [1.54, 1.807) is 6.92 Å². The Kier molecular flexibility index (Phi) is 8.11. The molecule has 140 valence electrons. The van der Waals surface area contributed by atoms with Gasteiger partial charge in [-0.1, -0.05) is 42.3 Å². The largest absolute Gasteiger partial charge is 0.455 e. The van der Waals surface area contributed by atoms with Crippen LogP contribution >= 0.6 is 23.2 Å². The zero-order chi connectivity index (χ0) is 19.2. The monoisotopic (exact) mass is 413 g/mol. The van der Waals surface area contributed by atoms with Crippen LogP contribution in [0.4, 0.5) is 4.39 Å². The smallest absolute Gasteiger partial charge is 0.306 e. The number of nitrogens with one attached hydrogen (secondary N) is 1. The Morgan fingerprint density at radius 2 is 1.80 bits per heavy atom. The molecule has 0 aliphatic heterocycles. The predicted molar refractivity (Wildman–Crippen MR) is 92.1 cm³/mol. The molecule has 1 rings (SSSR count). The van der Waals surface area contributed by atoms with Crippen LogP contribution in [0.15, 0.2) is 29.2 Å². The van der Waals surface area contributed by atoms with Gasteiger partial charge in [0.05, 0.1) is 10.9 Å². The molecular weight excluding hydrogens is 396 g/mol. The summed E-state index contributed by atoms with van der Waals surface area (Å²) in [5, 5.41) is 2.27. The lowest BCUT2D eigenvalue weighted by molar-refractivity contribution is -0.151. The van der Waals surface area contributed by atoms with E-state index in [9.17, 15) is 22.4 Å². The molecule has 1 aromatic rings. The molecule has 25 heavy (non-hydrogen) atoms. The number of carbonyl (C=O) groups excluding carboxylic acids is 2. The number of hydrogen-bond acceptors (Lipinski definition) is 5. The molecule has 0 fully saturated rings. The van der Waals surface area contributed by atoms with Gasteiger partial charge in [-0.3, -0.25) is 9.59 Å². The molecule has 2 atom stereocenters. The molecule has 0 aliphatic carbocycles. The normalized spacial score (nSPS) is 14.0. The fraction of sp³-hybridized carbons (Fsp3) is 0.467. The third-order valence-corrected chi connectivity index (χ3v) is 4.77. The van der Waals surface area contributed by atoms with Crippen LogP contribution in [0, 0.1) is 0 Å². The van der Waals surface area contributed by atoms with Crippen molar-refractivity contribution in [1.82, 2.24) is 5.32 Å². The van der Waals surface area contributed by atoms with Gasteiger partial charge in [0.2, 0.25) is 0 Å². The summed E-state index contributed by atoms with van der Waals surface area (Å²) in [5.41, 5.74) is 0.317. The van der Waals surface area contributed by atoms with Crippen LogP contribution in [0.5, 0.6) is 0 Å². The van der Waals surface area contributed by atoms with Crippen molar-refractivity contribution in [3.05, 3.63) is 29.8 Å². The first-order valence-electron chi connectivity index (χ1n) is 7.24. The Hall–Kier alpha value is -1.38. The summed E-state index contributed by atoms with van der Waals surface area (Å²) in [5.74, 6) is -1.45. The SMILES string of the molecule is CCC(=O)O[C@H](c1ccc(S(C)(=O)=O)cc1)C(CF)NC(=O)C(Cl)Cl. The molecule has 0 saturated heterocycles. The average Bonchev–Trinajstić information content (AvgIpc) is 2.56. The van der Waals surface area contributed by atoms with Gasteiger partial charge in [-0.05, 0) is 17.7 Å². The van der Waals surface area contributed by atoms with Crippen LogP contribution in [0.3, 0.4) is 0 Å². The molecule has 0 aliphatic rings. The maximum atomic E-state index is 13.5. The van der Waals surface area contributed by atoms with E-state index in [0.29, 0.717) is 5.56 Å². The highest BCUT2D eigenvalue weighted by atomic mass is 35.5. The number of rotatable bonds is 8. The molecule has 0 bridgehead atoms. The van der Waals surface area contributed by atoms with E-state index in [-0.39, 0.29) is 11.3 Å². The molecule has 1 N–H and O–H groups in total. The van der Waals surface area contributed by atoms with Gasteiger partial charge in [0.1, 0.15) is 12.8 Å². The second-order valence-electron chi connectivity index (χ2n) is 5.18. The highest BCUT2D eigenvalue weighted by Crippen LogP contribution is 2.25. The van der Waals surface area contributed by atoms with Gasteiger partial charge in [-0.2, -0.15) is 0 Å². The maximum Gasteiger partial charge on any atom is 0.306 e. The lowest BCUT2D eigenvalue weighted by Gasteiger charge is -2.26. The highest BCUT2D eigenvalue weighted by molar-refractivity contribution is 7.90. The van der Waals surface area contributed by atoms with Crippen molar-refractivity contribution in [1.29, 1.82) is 0 Å². The first-order valence-corrected chi connectivity index (χ1v) is 10.0. The fourth-order valence-corrected chi connectivity index (χ4v) is 2.71. The Morgan fingerprint density at radius 3 is 2.20 bits per heavy atom. The fourth-order valence-electron chi connectivity index (χ4n) is 1.95. The summed E-state index contributed by atoms with van der Waals surface area (Å²) < 4.78 is 41.7. The van der Waals surface area contributed by atoms with Crippen LogP contribution in [-0.2, 0) is 24.2 Å². The Bertz CT molecular complexity index is 709. The van der Waals surface area contributed by atoms with Crippen LogP contribution in [0.2, 0.25) is 0 Å². The van der Waals surface area contributed by atoms with E-state index in [4.69, 9.17) is 27.9 Å². The summed E-state index contributed by atoms with van der Waals surface area (Å²) in [7, 11) is -3.42. The summed E-state index contributed by atoms with van der Waals surface area (Å²) in [6, 6.07) is 4.16. The summed E-state index contributed by atoms with van der Waals surface area (Å²) in [6.45, 7) is 0.504. The number of esters is 1. The van der Waals surface area contributed by atoms with Gasteiger partial charge < -0.3 is 10.1 Å². The van der Waals surface area contributed by atoms with Crippen molar-refractivity contribution in [3.8, 4) is 0 Å². The molecule has 0 spiro atoms.